The minimum absolute atomic E-state index is 0.0762. The molecule has 1 aromatic heterocycles. The van der Waals surface area contributed by atoms with E-state index < -0.39 is 0 Å². The van der Waals surface area contributed by atoms with Gasteiger partial charge in [-0.2, -0.15) is 0 Å². The molecule has 98 valence electrons. The van der Waals surface area contributed by atoms with Gasteiger partial charge in [0.15, 0.2) is 5.78 Å². The highest BCUT2D eigenvalue weighted by molar-refractivity contribution is 7.13. The summed E-state index contributed by atoms with van der Waals surface area (Å²) < 4.78 is 0. The van der Waals surface area contributed by atoms with Crippen LogP contribution in [0, 0.1) is 6.92 Å². The molecule has 0 aliphatic carbocycles. The maximum atomic E-state index is 12.7. The predicted octanol–water partition coefficient (Wildman–Crippen LogP) is 4.95. The minimum atomic E-state index is 0.0762. The fraction of sp³-hybridized carbons (Fsp3) is 0.0556. The first-order valence-electron chi connectivity index (χ1n) is 6.50. The number of aryl methyl sites for hydroxylation is 1. The molecule has 0 amide bonds. The molecule has 3 aromatic rings. The number of carbonyl (C=O) groups excluding carboxylic acids is 1. The van der Waals surface area contributed by atoms with Crippen LogP contribution in [0.15, 0.2) is 66.0 Å². The van der Waals surface area contributed by atoms with Crippen molar-refractivity contribution in [2.45, 2.75) is 6.92 Å². The lowest BCUT2D eigenvalue weighted by molar-refractivity contribution is 0.103. The Kier molecular flexibility index (Phi) is 3.48. The van der Waals surface area contributed by atoms with E-state index in [0.29, 0.717) is 0 Å². The first kappa shape index (κ1) is 12.8. The van der Waals surface area contributed by atoms with Crippen LogP contribution < -0.4 is 0 Å². The molecular formula is C18H14OS. The van der Waals surface area contributed by atoms with Gasteiger partial charge in [0.25, 0.3) is 0 Å². The Morgan fingerprint density at radius 1 is 0.950 bits per heavy atom. The van der Waals surface area contributed by atoms with E-state index in [1.807, 2.05) is 54.6 Å². The van der Waals surface area contributed by atoms with E-state index in [1.54, 1.807) is 11.3 Å². The molecule has 1 heterocycles. The number of benzene rings is 2. The quantitative estimate of drug-likeness (QED) is 0.619. The average molecular weight is 278 g/mol. The highest BCUT2D eigenvalue weighted by Gasteiger charge is 2.14. The molecular weight excluding hydrogens is 264 g/mol. The summed E-state index contributed by atoms with van der Waals surface area (Å²) in [6.45, 7) is 2.07. The van der Waals surface area contributed by atoms with Crippen molar-refractivity contribution in [3.8, 4) is 10.4 Å². The summed E-state index contributed by atoms with van der Waals surface area (Å²) in [4.78, 5) is 13.8. The van der Waals surface area contributed by atoms with E-state index in [0.717, 1.165) is 21.6 Å². The van der Waals surface area contributed by atoms with Gasteiger partial charge in [-0.15, -0.1) is 11.3 Å². The molecule has 0 aliphatic rings. The molecule has 2 heteroatoms. The summed E-state index contributed by atoms with van der Waals surface area (Å²) in [7, 11) is 0. The molecule has 0 atom stereocenters. The Balaban J connectivity index is 2.09. The van der Waals surface area contributed by atoms with Crippen LogP contribution in [0.3, 0.4) is 0 Å². The van der Waals surface area contributed by atoms with Crippen LogP contribution in [-0.2, 0) is 0 Å². The lowest BCUT2D eigenvalue weighted by Gasteiger charge is -2.07. The Morgan fingerprint density at radius 2 is 1.65 bits per heavy atom. The molecule has 0 saturated carbocycles. The van der Waals surface area contributed by atoms with Gasteiger partial charge in [-0.1, -0.05) is 54.6 Å². The number of carbonyl (C=O) groups is 1. The average Bonchev–Trinajstić information content (AvgIpc) is 2.94. The molecule has 0 aliphatic heterocycles. The molecule has 0 radical (unpaired) electrons. The Labute approximate surface area is 122 Å². The van der Waals surface area contributed by atoms with Gasteiger partial charge in [0.1, 0.15) is 0 Å². The lowest BCUT2D eigenvalue weighted by atomic mass is 9.97. The van der Waals surface area contributed by atoms with Gasteiger partial charge in [-0.05, 0) is 23.9 Å². The van der Waals surface area contributed by atoms with Crippen LogP contribution in [0.5, 0.6) is 0 Å². The third-order valence-corrected chi connectivity index (χ3v) is 4.29. The second kappa shape index (κ2) is 5.43. The van der Waals surface area contributed by atoms with E-state index >= 15 is 0 Å². The monoisotopic (exact) mass is 278 g/mol. The zero-order valence-electron chi connectivity index (χ0n) is 11.2. The van der Waals surface area contributed by atoms with Crippen molar-refractivity contribution in [2.24, 2.45) is 0 Å². The molecule has 2 aromatic carbocycles. The van der Waals surface area contributed by atoms with Crippen LogP contribution in [0.2, 0.25) is 0 Å². The first-order valence-corrected chi connectivity index (χ1v) is 7.38. The zero-order valence-corrected chi connectivity index (χ0v) is 12.0. The van der Waals surface area contributed by atoms with Crippen molar-refractivity contribution in [3.63, 3.8) is 0 Å². The number of thiophene rings is 1. The highest BCUT2D eigenvalue weighted by Crippen LogP contribution is 2.30. The standard InChI is InChI=1S/C18H14OS/c1-13-11-17(20-12-13)15-9-5-6-10-16(15)18(19)14-7-3-2-4-8-14/h2-12H,1H3. The van der Waals surface area contributed by atoms with Gasteiger partial charge < -0.3 is 0 Å². The second-order valence-electron chi connectivity index (χ2n) is 4.73. The summed E-state index contributed by atoms with van der Waals surface area (Å²) in [5.74, 6) is 0.0762. The summed E-state index contributed by atoms with van der Waals surface area (Å²) in [5.41, 5.74) is 3.74. The van der Waals surface area contributed by atoms with Gasteiger partial charge in [-0.3, -0.25) is 4.79 Å². The Morgan fingerprint density at radius 3 is 2.35 bits per heavy atom. The summed E-state index contributed by atoms with van der Waals surface area (Å²) >= 11 is 1.68. The Hall–Kier alpha value is -2.19. The molecule has 20 heavy (non-hydrogen) atoms. The molecule has 3 rings (SSSR count). The third-order valence-electron chi connectivity index (χ3n) is 3.20. The van der Waals surface area contributed by atoms with E-state index in [4.69, 9.17) is 0 Å². The van der Waals surface area contributed by atoms with Crippen molar-refractivity contribution in [1.82, 2.24) is 0 Å². The zero-order chi connectivity index (χ0) is 13.9. The van der Waals surface area contributed by atoms with E-state index in [9.17, 15) is 4.79 Å². The molecule has 0 saturated heterocycles. The molecule has 0 N–H and O–H groups in total. The Bertz CT molecular complexity index is 741. The van der Waals surface area contributed by atoms with Gasteiger partial charge in [0, 0.05) is 21.6 Å². The van der Waals surface area contributed by atoms with Gasteiger partial charge in [-0.25, -0.2) is 0 Å². The maximum Gasteiger partial charge on any atom is 0.193 e. The number of hydrogen-bond acceptors (Lipinski definition) is 2. The fourth-order valence-electron chi connectivity index (χ4n) is 2.21. The predicted molar refractivity (Wildman–Crippen MR) is 84.4 cm³/mol. The van der Waals surface area contributed by atoms with E-state index in [-0.39, 0.29) is 5.78 Å². The lowest BCUT2D eigenvalue weighted by Crippen LogP contribution is -2.02. The van der Waals surface area contributed by atoms with Gasteiger partial charge >= 0.3 is 0 Å². The van der Waals surface area contributed by atoms with Gasteiger partial charge in [0.05, 0.1) is 0 Å². The van der Waals surface area contributed by atoms with Crippen molar-refractivity contribution < 1.29 is 4.79 Å². The SMILES string of the molecule is Cc1csc(-c2ccccc2C(=O)c2ccccc2)c1. The van der Waals surface area contributed by atoms with Crippen molar-refractivity contribution in [2.75, 3.05) is 0 Å². The van der Waals surface area contributed by atoms with Crippen LogP contribution in [0.1, 0.15) is 21.5 Å². The van der Waals surface area contributed by atoms with Crippen molar-refractivity contribution in [3.05, 3.63) is 82.7 Å². The summed E-state index contributed by atoms with van der Waals surface area (Å²) in [5, 5.41) is 2.11. The van der Waals surface area contributed by atoms with Crippen LogP contribution >= 0.6 is 11.3 Å². The summed E-state index contributed by atoms with van der Waals surface area (Å²) in [6.07, 6.45) is 0. The normalized spacial score (nSPS) is 10.4. The smallest absolute Gasteiger partial charge is 0.193 e. The highest BCUT2D eigenvalue weighted by atomic mass is 32.1. The molecule has 0 fully saturated rings. The summed E-state index contributed by atoms with van der Waals surface area (Å²) in [6, 6.07) is 19.4. The molecule has 1 nitrogen and oxygen atoms in total. The largest absolute Gasteiger partial charge is 0.289 e. The second-order valence-corrected chi connectivity index (χ2v) is 5.64. The minimum Gasteiger partial charge on any atom is -0.289 e. The fourth-order valence-corrected chi connectivity index (χ4v) is 3.15. The van der Waals surface area contributed by atoms with Crippen molar-refractivity contribution >= 4 is 17.1 Å². The number of ketones is 1. The van der Waals surface area contributed by atoms with Crippen LogP contribution in [0.25, 0.3) is 10.4 Å². The van der Waals surface area contributed by atoms with Crippen LogP contribution in [-0.4, -0.2) is 5.78 Å². The van der Waals surface area contributed by atoms with E-state index in [2.05, 4.69) is 18.4 Å². The van der Waals surface area contributed by atoms with Gasteiger partial charge in [0.2, 0.25) is 0 Å². The third kappa shape index (κ3) is 2.43. The molecule has 0 unspecified atom stereocenters. The van der Waals surface area contributed by atoms with Crippen LogP contribution in [0.4, 0.5) is 0 Å². The van der Waals surface area contributed by atoms with Crippen molar-refractivity contribution in [1.29, 1.82) is 0 Å². The van der Waals surface area contributed by atoms with E-state index in [1.165, 1.54) is 5.56 Å². The maximum absolute atomic E-state index is 12.7. The number of hydrogen-bond donors (Lipinski definition) is 0. The molecule has 0 spiro atoms. The topological polar surface area (TPSA) is 17.1 Å². The number of rotatable bonds is 3. The first-order chi connectivity index (χ1) is 9.75. The molecule has 0 bridgehead atoms.